The minimum Gasteiger partial charge on any atom is -0.297 e. The molecule has 0 aliphatic carbocycles. The zero-order chi connectivity index (χ0) is 18.6. The summed E-state index contributed by atoms with van der Waals surface area (Å²) in [5.74, 6) is -0.420. The standard InChI is InChI=1S/C20H23FN2O2S/c1-17-16-19(21)9-10-20(17)26(24,25)23-14-12-22(13-15-23)11-5-8-18-6-3-2-4-7-18/h2-10,16H,11-15H2,1H3/b8-5+. The number of hydrogen-bond acceptors (Lipinski definition) is 3. The smallest absolute Gasteiger partial charge is 0.243 e. The van der Waals surface area contributed by atoms with Crippen molar-refractivity contribution in [3.63, 3.8) is 0 Å². The SMILES string of the molecule is Cc1cc(F)ccc1S(=O)(=O)N1CCN(C/C=C/c2ccccc2)CC1. The van der Waals surface area contributed by atoms with Crippen LogP contribution in [0.1, 0.15) is 11.1 Å². The van der Waals surface area contributed by atoms with E-state index in [9.17, 15) is 12.8 Å². The van der Waals surface area contributed by atoms with E-state index in [0.29, 0.717) is 31.7 Å². The lowest BCUT2D eigenvalue weighted by Gasteiger charge is -2.33. The molecule has 2 aromatic carbocycles. The molecule has 1 saturated heterocycles. The van der Waals surface area contributed by atoms with E-state index < -0.39 is 15.8 Å². The summed E-state index contributed by atoms with van der Waals surface area (Å²) in [6.07, 6.45) is 4.18. The molecule has 0 N–H and O–H groups in total. The maximum Gasteiger partial charge on any atom is 0.243 e. The number of halogens is 1. The summed E-state index contributed by atoms with van der Waals surface area (Å²) in [6.45, 7) is 4.66. The molecule has 3 rings (SSSR count). The molecule has 4 nitrogen and oxygen atoms in total. The molecule has 0 bridgehead atoms. The summed E-state index contributed by atoms with van der Waals surface area (Å²) < 4.78 is 40.3. The molecule has 0 amide bonds. The van der Waals surface area contributed by atoms with Gasteiger partial charge in [-0.05, 0) is 36.2 Å². The van der Waals surface area contributed by atoms with Crippen molar-refractivity contribution < 1.29 is 12.8 Å². The largest absolute Gasteiger partial charge is 0.297 e. The molecule has 0 unspecified atom stereocenters. The summed E-state index contributed by atoms with van der Waals surface area (Å²) in [6, 6.07) is 13.9. The topological polar surface area (TPSA) is 40.6 Å². The average Bonchev–Trinajstić information content (AvgIpc) is 2.63. The van der Waals surface area contributed by atoms with Crippen molar-refractivity contribution >= 4 is 16.1 Å². The van der Waals surface area contributed by atoms with Gasteiger partial charge in [0.25, 0.3) is 0 Å². The number of hydrogen-bond donors (Lipinski definition) is 0. The van der Waals surface area contributed by atoms with Crippen molar-refractivity contribution in [2.45, 2.75) is 11.8 Å². The Kier molecular flexibility index (Phi) is 5.86. The second-order valence-corrected chi connectivity index (χ2v) is 8.33. The number of benzene rings is 2. The molecule has 1 aliphatic rings. The molecule has 1 aliphatic heterocycles. The first-order valence-electron chi connectivity index (χ1n) is 8.67. The first-order valence-corrected chi connectivity index (χ1v) is 10.1. The van der Waals surface area contributed by atoms with Gasteiger partial charge in [-0.1, -0.05) is 42.5 Å². The van der Waals surface area contributed by atoms with E-state index in [2.05, 4.69) is 17.1 Å². The lowest BCUT2D eigenvalue weighted by atomic mass is 10.2. The van der Waals surface area contributed by atoms with E-state index >= 15 is 0 Å². The van der Waals surface area contributed by atoms with Crippen LogP contribution in [0.4, 0.5) is 4.39 Å². The Balaban J connectivity index is 1.58. The molecule has 0 saturated carbocycles. The van der Waals surface area contributed by atoms with Crippen LogP contribution in [0.2, 0.25) is 0 Å². The van der Waals surface area contributed by atoms with Crippen molar-refractivity contribution in [1.29, 1.82) is 0 Å². The predicted molar refractivity (Wildman–Crippen MR) is 102 cm³/mol. The van der Waals surface area contributed by atoms with Crippen LogP contribution >= 0.6 is 0 Å². The van der Waals surface area contributed by atoms with Gasteiger partial charge < -0.3 is 0 Å². The van der Waals surface area contributed by atoms with Crippen molar-refractivity contribution in [3.05, 3.63) is 71.6 Å². The van der Waals surface area contributed by atoms with Crippen LogP contribution in [0.5, 0.6) is 0 Å². The predicted octanol–water partition coefficient (Wildman–Crippen LogP) is 3.15. The maximum atomic E-state index is 13.2. The Hall–Kier alpha value is -2.02. The Bertz CT molecular complexity index is 874. The summed E-state index contributed by atoms with van der Waals surface area (Å²) in [5.41, 5.74) is 1.60. The average molecular weight is 374 g/mol. The van der Waals surface area contributed by atoms with Crippen LogP contribution in [-0.4, -0.2) is 50.3 Å². The number of rotatable bonds is 5. The molecule has 2 aromatic rings. The van der Waals surface area contributed by atoms with E-state index in [1.54, 1.807) is 6.92 Å². The van der Waals surface area contributed by atoms with Crippen LogP contribution in [0.15, 0.2) is 59.5 Å². The van der Waals surface area contributed by atoms with Crippen LogP contribution in [0.3, 0.4) is 0 Å². The van der Waals surface area contributed by atoms with Gasteiger partial charge >= 0.3 is 0 Å². The summed E-state index contributed by atoms with van der Waals surface area (Å²) in [4.78, 5) is 2.42. The molecule has 0 atom stereocenters. The summed E-state index contributed by atoms with van der Waals surface area (Å²) in [5, 5.41) is 0. The fourth-order valence-electron chi connectivity index (χ4n) is 3.10. The maximum absolute atomic E-state index is 13.2. The third-order valence-corrected chi connectivity index (χ3v) is 6.62. The van der Waals surface area contributed by atoms with Crippen LogP contribution < -0.4 is 0 Å². The number of sulfonamides is 1. The van der Waals surface area contributed by atoms with Crippen molar-refractivity contribution in [1.82, 2.24) is 9.21 Å². The molecule has 138 valence electrons. The van der Waals surface area contributed by atoms with Gasteiger partial charge in [-0.3, -0.25) is 4.90 Å². The molecule has 0 aromatic heterocycles. The van der Waals surface area contributed by atoms with E-state index in [-0.39, 0.29) is 4.90 Å². The molecule has 0 spiro atoms. The van der Waals surface area contributed by atoms with Crippen molar-refractivity contribution in [2.75, 3.05) is 32.7 Å². The Morgan fingerprint density at radius 2 is 1.73 bits per heavy atom. The first kappa shape index (κ1) is 18.8. The van der Waals surface area contributed by atoms with Gasteiger partial charge in [0.1, 0.15) is 5.82 Å². The highest BCUT2D eigenvalue weighted by Crippen LogP contribution is 2.22. The molecule has 6 heteroatoms. The third kappa shape index (κ3) is 4.38. The van der Waals surface area contributed by atoms with Gasteiger partial charge in [-0.25, -0.2) is 12.8 Å². The van der Waals surface area contributed by atoms with E-state index in [1.807, 2.05) is 30.3 Å². The number of aryl methyl sites for hydroxylation is 1. The van der Waals surface area contributed by atoms with E-state index in [4.69, 9.17) is 0 Å². The Morgan fingerprint density at radius 1 is 1.04 bits per heavy atom. The Labute approximate surface area is 154 Å². The quantitative estimate of drug-likeness (QED) is 0.807. The van der Waals surface area contributed by atoms with Gasteiger partial charge in [0.05, 0.1) is 4.90 Å². The molecular formula is C20H23FN2O2S. The van der Waals surface area contributed by atoms with Gasteiger partial charge in [0, 0.05) is 32.7 Å². The summed E-state index contributed by atoms with van der Waals surface area (Å²) >= 11 is 0. The van der Waals surface area contributed by atoms with Gasteiger partial charge in [0.15, 0.2) is 0 Å². The van der Waals surface area contributed by atoms with Gasteiger partial charge in [0.2, 0.25) is 10.0 Å². The molecular weight excluding hydrogens is 351 g/mol. The minimum atomic E-state index is -3.57. The lowest BCUT2D eigenvalue weighted by molar-refractivity contribution is 0.204. The molecule has 0 radical (unpaired) electrons. The minimum absolute atomic E-state index is 0.191. The van der Waals surface area contributed by atoms with E-state index in [0.717, 1.165) is 12.1 Å². The highest BCUT2D eigenvalue weighted by Gasteiger charge is 2.29. The van der Waals surface area contributed by atoms with Crippen molar-refractivity contribution in [2.24, 2.45) is 0 Å². The van der Waals surface area contributed by atoms with Gasteiger partial charge in [-0.2, -0.15) is 4.31 Å². The normalized spacial score (nSPS) is 17.0. The lowest BCUT2D eigenvalue weighted by Crippen LogP contribution is -2.48. The second-order valence-electron chi connectivity index (χ2n) is 6.43. The molecule has 26 heavy (non-hydrogen) atoms. The van der Waals surface area contributed by atoms with Crippen LogP contribution in [0.25, 0.3) is 6.08 Å². The van der Waals surface area contributed by atoms with E-state index in [1.165, 1.54) is 22.5 Å². The fraction of sp³-hybridized carbons (Fsp3) is 0.300. The zero-order valence-corrected chi connectivity index (χ0v) is 15.6. The first-order chi connectivity index (χ1) is 12.5. The third-order valence-electron chi connectivity index (χ3n) is 4.56. The number of nitrogens with zero attached hydrogens (tertiary/aromatic N) is 2. The van der Waals surface area contributed by atoms with Crippen LogP contribution in [-0.2, 0) is 10.0 Å². The van der Waals surface area contributed by atoms with Crippen LogP contribution in [0, 0.1) is 12.7 Å². The Morgan fingerprint density at radius 3 is 2.38 bits per heavy atom. The highest BCUT2D eigenvalue weighted by atomic mass is 32.2. The monoisotopic (exact) mass is 374 g/mol. The zero-order valence-electron chi connectivity index (χ0n) is 14.8. The number of piperazine rings is 1. The second kappa shape index (κ2) is 8.12. The van der Waals surface area contributed by atoms with Crippen molar-refractivity contribution in [3.8, 4) is 0 Å². The molecule has 1 heterocycles. The highest BCUT2D eigenvalue weighted by molar-refractivity contribution is 7.89. The van der Waals surface area contributed by atoms with Gasteiger partial charge in [-0.15, -0.1) is 0 Å². The molecule has 1 fully saturated rings. The summed E-state index contributed by atoms with van der Waals surface area (Å²) in [7, 11) is -3.57. The fourth-order valence-corrected chi connectivity index (χ4v) is 4.72.